The number of benzene rings is 10. The molecule has 8 nitrogen and oxygen atoms in total. The molecule has 0 spiro atoms. The van der Waals surface area contributed by atoms with Crippen LogP contribution in [-0.2, 0) is 0 Å². The summed E-state index contributed by atoms with van der Waals surface area (Å²) >= 11 is 0. The maximum Gasteiger partial charge on any atom is 0.240 e. The first-order chi connectivity index (χ1) is 44.8. The van der Waals surface area contributed by atoms with E-state index in [-0.39, 0.29) is 27.5 Å². The fourth-order valence-corrected chi connectivity index (χ4v) is 10.2. The standard InChI is InChI=1S/C63H37N7O/c1-9-26-47-38(18-1)39-19-2-10-27-48(39)67(47)54-33-17-34-55(68-49-28-11-7-24-44(49)45-36-37-57-58(60(45)68)46-25-8-16-35-56(46)71-57)59(54)61-64-62(69-50-29-12-3-20-40(50)41-21-4-13-30-51(41)69)66-63(65-61)70-52-31-14-5-22-42(52)43-23-6-15-32-53(43)70/h1-37H/i1D,3D,4D,5D,6D,9D,12D,13D,14D,15D,17D,18D,20D,21D,22D,23D,26D,29D,30D,31D,32D,33D,34D. The summed E-state index contributed by atoms with van der Waals surface area (Å²) in [4.78, 5) is 15.2. The predicted molar refractivity (Wildman–Crippen MR) is 290 cm³/mol. The van der Waals surface area contributed by atoms with Gasteiger partial charge < -0.3 is 13.6 Å². The molecule has 0 bridgehead atoms. The summed E-state index contributed by atoms with van der Waals surface area (Å²) in [5, 5.41) is 0.614. The number of para-hydroxylation sites is 8. The van der Waals surface area contributed by atoms with E-state index in [1.54, 1.807) is 77.4 Å². The van der Waals surface area contributed by atoms with Gasteiger partial charge in [0.15, 0.2) is 5.82 Å². The van der Waals surface area contributed by atoms with Crippen LogP contribution in [0.15, 0.2) is 228 Å². The van der Waals surface area contributed by atoms with Crippen LogP contribution in [0.3, 0.4) is 0 Å². The van der Waals surface area contributed by atoms with Gasteiger partial charge in [-0.1, -0.05) is 151 Å². The lowest BCUT2D eigenvalue weighted by Crippen LogP contribution is -2.12. The Kier molecular flexibility index (Phi) is 4.56. The van der Waals surface area contributed by atoms with Gasteiger partial charge in [-0.25, -0.2) is 0 Å². The van der Waals surface area contributed by atoms with E-state index in [0.717, 1.165) is 9.13 Å². The van der Waals surface area contributed by atoms with E-state index in [2.05, 4.69) is 0 Å². The van der Waals surface area contributed by atoms with Gasteiger partial charge in [-0.3, -0.25) is 9.13 Å². The number of rotatable bonds is 5. The van der Waals surface area contributed by atoms with Crippen LogP contribution in [0.2, 0.25) is 0 Å². The number of hydrogen-bond acceptors (Lipinski definition) is 4. The average Bonchev–Trinajstić information content (AvgIpc) is 1.54. The van der Waals surface area contributed by atoms with Crippen LogP contribution in [0.1, 0.15) is 31.5 Å². The lowest BCUT2D eigenvalue weighted by molar-refractivity contribution is 0.669. The third kappa shape index (κ3) is 5.25. The average molecular weight is 931 g/mol. The molecule has 0 atom stereocenters. The van der Waals surface area contributed by atoms with Crippen molar-refractivity contribution < 1.29 is 35.9 Å². The zero-order valence-electron chi connectivity index (χ0n) is 59.1. The van der Waals surface area contributed by atoms with E-state index in [4.69, 9.17) is 33.1 Å². The van der Waals surface area contributed by atoms with Crippen LogP contribution >= 0.6 is 0 Å². The Labute approximate surface area is 436 Å². The van der Waals surface area contributed by atoms with E-state index in [0.29, 0.717) is 43.7 Å². The molecule has 6 aromatic heterocycles. The molecule has 0 amide bonds. The van der Waals surface area contributed by atoms with Gasteiger partial charge in [0.2, 0.25) is 11.9 Å². The molecule has 0 aliphatic heterocycles. The first kappa shape index (κ1) is 22.5. The Morgan fingerprint density at radius 3 is 1.32 bits per heavy atom. The van der Waals surface area contributed by atoms with Gasteiger partial charge in [0.05, 0.1) is 98.0 Å². The topological polar surface area (TPSA) is 71.5 Å². The molecule has 16 rings (SSSR count). The molecule has 10 aromatic carbocycles. The van der Waals surface area contributed by atoms with Gasteiger partial charge in [0, 0.05) is 48.5 Å². The van der Waals surface area contributed by atoms with Crippen molar-refractivity contribution in [1.82, 2.24) is 33.2 Å². The molecule has 0 unspecified atom stereocenters. The van der Waals surface area contributed by atoms with Crippen LogP contribution < -0.4 is 0 Å². The summed E-state index contributed by atoms with van der Waals surface area (Å²) in [6.07, 6.45) is 0. The normalized spacial score (nSPS) is 16.8. The van der Waals surface area contributed by atoms with Crippen molar-refractivity contribution in [3.05, 3.63) is 224 Å². The van der Waals surface area contributed by atoms with E-state index in [1.807, 2.05) is 12.1 Å². The summed E-state index contributed by atoms with van der Waals surface area (Å²) in [5.41, 5.74) is -1.96. The van der Waals surface area contributed by atoms with E-state index >= 15 is 0 Å². The number of furan rings is 1. The molecule has 0 radical (unpaired) electrons. The maximum atomic E-state index is 10.5. The Morgan fingerprint density at radius 1 is 0.324 bits per heavy atom. The monoisotopic (exact) mass is 930 g/mol. The molecule has 330 valence electrons. The molecule has 0 aliphatic rings. The van der Waals surface area contributed by atoms with Crippen molar-refractivity contribution in [1.29, 1.82) is 0 Å². The van der Waals surface area contributed by atoms with E-state index in [1.165, 1.54) is 4.57 Å². The van der Waals surface area contributed by atoms with Crippen LogP contribution in [-0.4, -0.2) is 33.2 Å². The maximum absolute atomic E-state index is 10.5. The smallest absolute Gasteiger partial charge is 0.240 e. The lowest BCUT2D eigenvalue weighted by Gasteiger charge is -2.20. The summed E-state index contributed by atoms with van der Waals surface area (Å²) in [5.74, 6) is -2.31. The largest absolute Gasteiger partial charge is 0.456 e. The number of aromatic nitrogens is 7. The third-order valence-corrected chi connectivity index (χ3v) is 13.1. The fraction of sp³-hybridized carbons (Fsp3) is 0. The van der Waals surface area contributed by atoms with Crippen molar-refractivity contribution in [2.75, 3.05) is 0 Å². The van der Waals surface area contributed by atoms with Crippen molar-refractivity contribution in [3.8, 4) is 34.7 Å². The summed E-state index contributed by atoms with van der Waals surface area (Å²) in [6.45, 7) is 0. The third-order valence-electron chi connectivity index (χ3n) is 13.1. The van der Waals surface area contributed by atoms with Crippen molar-refractivity contribution >= 4 is 109 Å². The quantitative estimate of drug-likeness (QED) is 0.172. The number of fused-ring (bicyclic) bond motifs is 16. The fourth-order valence-electron chi connectivity index (χ4n) is 10.2. The molecule has 0 N–H and O–H groups in total. The first-order valence-corrected chi connectivity index (χ1v) is 22.1. The molecule has 8 heteroatoms. The summed E-state index contributed by atoms with van der Waals surface area (Å²) in [6, 6.07) is 6.48. The highest BCUT2D eigenvalue weighted by molar-refractivity contribution is 6.25. The predicted octanol–water partition coefficient (Wildman–Crippen LogP) is 15.8. The number of hydrogen-bond donors (Lipinski definition) is 0. The molecule has 6 heterocycles. The van der Waals surface area contributed by atoms with Crippen molar-refractivity contribution in [2.24, 2.45) is 0 Å². The van der Waals surface area contributed by atoms with Gasteiger partial charge in [0.25, 0.3) is 0 Å². The highest BCUT2D eigenvalue weighted by atomic mass is 16.3. The van der Waals surface area contributed by atoms with Crippen molar-refractivity contribution in [2.45, 2.75) is 0 Å². The molecule has 16 aromatic rings. The van der Waals surface area contributed by atoms with Crippen molar-refractivity contribution in [3.63, 3.8) is 0 Å². The Balaban J connectivity index is 1.23. The lowest BCUT2D eigenvalue weighted by atomic mass is 10.1. The zero-order chi connectivity index (χ0) is 66.3. The minimum Gasteiger partial charge on any atom is -0.456 e. The van der Waals surface area contributed by atoms with Gasteiger partial charge in [-0.05, 0) is 72.6 Å². The molecule has 0 saturated heterocycles. The second-order valence-electron chi connectivity index (χ2n) is 16.6. The SMILES string of the molecule is [2H]c1c([2H])c(-n2c3ccccc3c3c([2H])c([2H])c([2H])c([2H])c32)c(-c2nc(-n3c4c([2H])c([2H])c([2H])c([2H])c4c4c([2H])c([2H])c([2H])c([2H])c43)nc(-n3c4c([2H])c([2H])c([2H])c([2H])c4c4c([2H])c([2H])c([2H])c([2H])c43)n2)c(-n2c3ccccc3c3ccc4oc5ccccc5c4c32)c1[2H]. The molecule has 71 heavy (non-hydrogen) atoms. The van der Waals surface area contributed by atoms with Crippen LogP contribution in [0.4, 0.5) is 0 Å². The van der Waals surface area contributed by atoms with Crippen LogP contribution in [0.5, 0.6) is 0 Å². The van der Waals surface area contributed by atoms with E-state index < -0.39 is 212 Å². The molecule has 0 fully saturated rings. The van der Waals surface area contributed by atoms with Crippen LogP contribution in [0, 0.1) is 0 Å². The minimum absolute atomic E-state index is 0.0439. The second kappa shape index (κ2) is 14.4. The second-order valence-corrected chi connectivity index (χ2v) is 16.6. The summed E-state index contributed by atoms with van der Waals surface area (Å²) in [7, 11) is 0. The highest BCUT2D eigenvalue weighted by Crippen LogP contribution is 2.45. The Hall–Kier alpha value is -9.79. The van der Waals surface area contributed by atoms with Gasteiger partial charge in [-0.15, -0.1) is 0 Å². The molecule has 0 saturated carbocycles. The molecular weight excluding hydrogens is 871 g/mol. The first-order valence-electron chi connectivity index (χ1n) is 33.6. The number of nitrogens with zero attached hydrogens (tertiary/aromatic N) is 7. The zero-order valence-corrected chi connectivity index (χ0v) is 36.1. The highest BCUT2D eigenvalue weighted by Gasteiger charge is 2.28. The molecular formula is C63H37N7O. The van der Waals surface area contributed by atoms with Gasteiger partial charge >= 0.3 is 0 Å². The minimum atomic E-state index is -0.852. The van der Waals surface area contributed by atoms with E-state index in [9.17, 15) is 17.8 Å². The van der Waals surface area contributed by atoms with Crippen LogP contribution in [0.25, 0.3) is 144 Å². The van der Waals surface area contributed by atoms with Gasteiger partial charge in [-0.2, -0.15) is 15.0 Å². The van der Waals surface area contributed by atoms with Gasteiger partial charge in [0.1, 0.15) is 11.2 Å². The summed E-state index contributed by atoms with van der Waals surface area (Å²) < 4.78 is 227. The Bertz CT molecular complexity index is 5970. The Morgan fingerprint density at radius 2 is 0.761 bits per heavy atom. The molecule has 0 aliphatic carbocycles.